The molecule has 44 heavy (non-hydrogen) atoms. The molecule has 4 heteroatoms. The average molecular weight is 614 g/mol. The van der Waals surface area contributed by atoms with Gasteiger partial charge in [0.15, 0.2) is 0 Å². The van der Waals surface area contributed by atoms with Crippen LogP contribution in [0.15, 0.2) is 60.8 Å². The summed E-state index contributed by atoms with van der Waals surface area (Å²) in [6, 6.07) is -0.647. The number of hydrogen-bond donors (Lipinski definition) is 3. The summed E-state index contributed by atoms with van der Waals surface area (Å²) in [6.45, 7) is 4.19. The topological polar surface area (TPSA) is 69.6 Å². The molecule has 254 valence electrons. The first-order chi connectivity index (χ1) is 21.7. The number of carbonyl (C=O) groups is 1. The van der Waals surface area contributed by atoms with Crippen molar-refractivity contribution in [3.8, 4) is 0 Å². The summed E-state index contributed by atoms with van der Waals surface area (Å²) in [7, 11) is 0. The highest BCUT2D eigenvalue weighted by atomic mass is 16.3. The molecular weight excluding hydrogens is 542 g/mol. The molecule has 0 aliphatic heterocycles. The summed E-state index contributed by atoms with van der Waals surface area (Å²) in [5, 5.41) is 22.8. The van der Waals surface area contributed by atoms with Gasteiger partial charge in [-0.25, -0.2) is 0 Å². The van der Waals surface area contributed by atoms with E-state index in [-0.39, 0.29) is 12.5 Å². The lowest BCUT2D eigenvalue weighted by Crippen LogP contribution is -2.45. The number of rotatable bonds is 32. The Hall–Kier alpha value is -1.91. The lowest BCUT2D eigenvalue weighted by atomic mass is 10.1. The molecule has 2 unspecified atom stereocenters. The minimum Gasteiger partial charge on any atom is -0.394 e. The number of aliphatic hydroxyl groups excluding tert-OH is 2. The van der Waals surface area contributed by atoms with Crippen LogP contribution in [-0.2, 0) is 4.79 Å². The zero-order chi connectivity index (χ0) is 32.2. The fraction of sp³-hybridized carbons (Fsp3) is 0.725. The van der Waals surface area contributed by atoms with E-state index >= 15 is 0 Å². The van der Waals surface area contributed by atoms with Crippen molar-refractivity contribution in [3.05, 3.63) is 60.8 Å². The third-order valence-corrected chi connectivity index (χ3v) is 7.93. The average Bonchev–Trinajstić information content (AvgIpc) is 3.03. The van der Waals surface area contributed by atoms with Crippen LogP contribution in [0.4, 0.5) is 0 Å². The largest absolute Gasteiger partial charge is 0.394 e. The van der Waals surface area contributed by atoms with Crippen LogP contribution in [0.1, 0.15) is 168 Å². The van der Waals surface area contributed by atoms with Gasteiger partial charge in [0.25, 0.3) is 0 Å². The molecule has 2 atom stereocenters. The van der Waals surface area contributed by atoms with E-state index < -0.39 is 12.1 Å². The molecule has 0 rings (SSSR count). The van der Waals surface area contributed by atoms with Crippen LogP contribution in [0.3, 0.4) is 0 Å². The molecule has 0 aromatic carbocycles. The molecule has 0 saturated heterocycles. The highest BCUT2D eigenvalue weighted by Gasteiger charge is 2.17. The molecule has 0 radical (unpaired) electrons. The van der Waals surface area contributed by atoms with Crippen LogP contribution >= 0.6 is 0 Å². The second-order valence-corrected chi connectivity index (χ2v) is 12.3. The fourth-order valence-electron chi connectivity index (χ4n) is 5.07. The molecule has 0 aliphatic rings. The van der Waals surface area contributed by atoms with Gasteiger partial charge in [0.1, 0.15) is 0 Å². The van der Waals surface area contributed by atoms with Gasteiger partial charge in [0, 0.05) is 6.42 Å². The van der Waals surface area contributed by atoms with Crippen LogP contribution in [0.2, 0.25) is 0 Å². The van der Waals surface area contributed by atoms with Crippen molar-refractivity contribution in [1.82, 2.24) is 5.32 Å². The van der Waals surface area contributed by atoms with Crippen molar-refractivity contribution in [1.29, 1.82) is 0 Å². The van der Waals surface area contributed by atoms with E-state index in [0.717, 1.165) is 51.4 Å². The number of hydrogen-bond acceptors (Lipinski definition) is 3. The molecule has 0 heterocycles. The summed E-state index contributed by atoms with van der Waals surface area (Å²) < 4.78 is 0. The molecule has 3 N–H and O–H groups in total. The number of carbonyl (C=O) groups excluding carboxylic acids is 1. The van der Waals surface area contributed by atoms with Crippen LogP contribution in [0.25, 0.3) is 0 Å². The van der Waals surface area contributed by atoms with Crippen molar-refractivity contribution in [2.45, 2.75) is 180 Å². The summed E-state index contributed by atoms with van der Waals surface area (Å²) in [5.74, 6) is -0.0877. The van der Waals surface area contributed by atoms with E-state index in [1.165, 1.54) is 96.3 Å². The Morgan fingerprint density at radius 1 is 0.545 bits per heavy atom. The van der Waals surface area contributed by atoms with Crippen LogP contribution < -0.4 is 5.32 Å². The molecule has 0 saturated carbocycles. The van der Waals surface area contributed by atoms with Gasteiger partial charge in [-0.1, -0.05) is 152 Å². The highest BCUT2D eigenvalue weighted by Crippen LogP contribution is 2.12. The first kappa shape index (κ1) is 42.1. The fourth-order valence-corrected chi connectivity index (χ4v) is 5.07. The Morgan fingerprint density at radius 2 is 1.00 bits per heavy atom. The number of nitrogens with one attached hydrogen (secondary N) is 1. The first-order valence-corrected chi connectivity index (χ1v) is 18.5. The van der Waals surface area contributed by atoms with E-state index in [9.17, 15) is 15.0 Å². The molecule has 0 fully saturated rings. The second kappa shape index (κ2) is 35.6. The van der Waals surface area contributed by atoms with Crippen LogP contribution in [-0.4, -0.2) is 34.9 Å². The zero-order valence-electron chi connectivity index (χ0n) is 28.9. The maximum absolute atomic E-state index is 12.3. The van der Waals surface area contributed by atoms with E-state index in [2.05, 4.69) is 67.8 Å². The van der Waals surface area contributed by atoms with Gasteiger partial charge in [-0.05, 0) is 70.6 Å². The van der Waals surface area contributed by atoms with E-state index in [4.69, 9.17) is 0 Å². The third kappa shape index (κ3) is 31.5. The highest BCUT2D eigenvalue weighted by molar-refractivity contribution is 5.76. The summed E-state index contributed by atoms with van der Waals surface area (Å²) >= 11 is 0. The molecule has 0 spiro atoms. The minimum absolute atomic E-state index is 0.0877. The number of amides is 1. The van der Waals surface area contributed by atoms with Crippen molar-refractivity contribution < 1.29 is 15.0 Å². The maximum atomic E-state index is 12.3. The van der Waals surface area contributed by atoms with Crippen molar-refractivity contribution in [2.24, 2.45) is 0 Å². The number of aliphatic hydroxyl groups is 2. The van der Waals surface area contributed by atoms with Crippen LogP contribution in [0.5, 0.6) is 0 Å². The normalized spacial score (nSPS) is 13.8. The molecule has 0 bridgehead atoms. The Bertz CT molecular complexity index is 752. The SMILES string of the molecule is CCC/C=C/CC/C=C/CC/C=C/C(O)C(CO)NC(=O)CCCCCCCCCCC/C=C\C/C=C\CCCCCCC. The lowest BCUT2D eigenvalue weighted by Gasteiger charge is -2.19. The minimum atomic E-state index is -0.871. The quantitative estimate of drug-likeness (QED) is 0.0522. The van der Waals surface area contributed by atoms with Crippen molar-refractivity contribution >= 4 is 5.91 Å². The van der Waals surface area contributed by atoms with Gasteiger partial charge in [0.05, 0.1) is 18.8 Å². The maximum Gasteiger partial charge on any atom is 0.220 e. The van der Waals surface area contributed by atoms with E-state index in [1.807, 2.05) is 6.08 Å². The van der Waals surface area contributed by atoms with E-state index in [0.29, 0.717) is 6.42 Å². The predicted octanol–water partition coefficient (Wildman–Crippen LogP) is 11.0. The monoisotopic (exact) mass is 614 g/mol. The van der Waals surface area contributed by atoms with Crippen molar-refractivity contribution in [3.63, 3.8) is 0 Å². The predicted molar refractivity (Wildman–Crippen MR) is 193 cm³/mol. The Kier molecular flexibility index (Phi) is 34.0. The smallest absolute Gasteiger partial charge is 0.220 e. The van der Waals surface area contributed by atoms with Gasteiger partial charge >= 0.3 is 0 Å². The molecule has 0 aliphatic carbocycles. The van der Waals surface area contributed by atoms with Gasteiger partial charge < -0.3 is 15.5 Å². The molecular formula is C40H71NO3. The standard InChI is InChI=1S/C40H71NO3/c1-3-5-7-9-11-13-15-16-17-18-19-20-21-22-23-24-26-28-30-32-34-36-40(44)41-38(37-42)39(43)35-33-31-29-27-25-14-12-10-8-6-4-2/h8,10,15-16,18-19,25,27,33,35,38-39,42-43H,3-7,9,11-14,17,20-24,26,28-32,34,36-37H2,1-2H3,(H,41,44)/b10-8+,16-15-,19-18-,27-25+,35-33+. The molecule has 1 amide bonds. The van der Waals surface area contributed by atoms with Gasteiger partial charge in [-0.2, -0.15) is 0 Å². The second-order valence-electron chi connectivity index (χ2n) is 12.3. The van der Waals surface area contributed by atoms with E-state index in [1.54, 1.807) is 6.08 Å². The molecule has 4 nitrogen and oxygen atoms in total. The Labute approximate surface area is 273 Å². The van der Waals surface area contributed by atoms with Gasteiger partial charge in [0.2, 0.25) is 5.91 Å². The lowest BCUT2D eigenvalue weighted by molar-refractivity contribution is -0.123. The van der Waals surface area contributed by atoms with Crippen LogP contribution in [0, 0.1) is 0 Å². The number of allylic oxidation sites excluding steroid dienone is 9. The van der Waals surface area contributed by atoms with Crippen molar-refractivity contribution in [2.75, 3.05) is 6.61 Å². The zero-order valence-corrected chi connectivity index (χ0v) is 28.9. The van der Waals surface area contributed by atoms with Gasteiger partial charge in [-0.3, -0.25) is 4.79 Å². The Balaban J connectivity index is 3.65. The summed E-state index contributed by atoms with van der Waals surface area (Å²) in [5.41, 5.74) is 0. The summed E-state index contributed by atoms with van der Waals surface area (Å²) in [4.78, 5) is 12.3. The molecule has 0 aromatic heterocycles. The third-order valence-electron chi connectivity index (χ3n) is 7.93. The Morgan fingerprint density at radius 3 is 1.52 bits per heavy atom. The first-order valence-electron chi connectivity index (χ1n) is 18.5. The number of unbranched alkanes of at least 4 members (excludes halogenated alkanes) is 17. The molecule has 0 aromatic rings. The van der Waals surface area contributed by atoms with Gasteiger partial charge in [-0.15, -0.1) is 0 Å². The summed E-state index contributed by atoms with van der Waals surface area (Å²) in [6.07, 6.45) is 48.8.